The molecule has 0 aliphatic heterocycles. The van der Waals surface area contributed by atoms with Crippen LogP contribution in [0.3, 0.4) is 0 Å². The minimum atomic E-state index is -0.169. The molecule has 2 aromatic heterocycles. The number of rotatable bonds is 5. The molecule has 2 heterocycles. The van der Waals surface area contributed by atoms with Crippen molar-refractivity contribution in [3.05, 3.63) is 133 Å². The topological polar surface area (TPSA) is 25.8 Å². The van der Waals surface area contributed by atoms with E-state index in [2.05, 4.69) is 104 Å². The fourth-order valence-electron chi connectivity index (χ4n) is 4.20. The van der Waals surface area contributed by atoms with Crippen molar-refractivity contribution < 1.29 is 0 Å². The summed E-state index contributed by atoms with van der Waals surface area (Å²) in [5, 5.41) is 0. The van der Waals surface area contributed by atoms with E-state index in [1.807, 2.05) is 36.5 Å². The van der Waals surface area contributed by atoms with Crippen LogP contribution in [0.25, 0.3) is 33.8 Å². The molecule has 0 atom stereocenters. The van der Waals surface area contributed by atoms with Crippen LogP contribution in [0.2, 0.25) is 0 Å². The first kappa shape index (κ1) is 20.8. The third kappa shape index (κ3) is 4.33. The van der Waals surface area contributed by atoms with Gasteiger partial charge in [0, 0.05) is 28.3 Å². The largest absolute Gasteiger partial charge is 0.256 e. The van der Waals surface area contributed by atoms with Gasteiger partial charge in [-0.1, -0.05) is 92.7 Å². The predicted molar refractivity (Wildman–Crippen MR) is 137 cm³/mol. The summed E-state index contributed by atoms with van der Waals surface area (Å²) in [5.41, 5.74) is 8.69. The Balaban J connectivity index is 1.51. The molecule has 0 saturated carbocycles. The lowest BCUT2D eigenvalue weighted by Gasteiger charge is -2.27. The van der Waals surface area contributed by atoms with Crippen LogP contribution in [-0.2, 0) is 5.41 Å². The quantitative estimate of drug-likeness (QED) is 0.286. The maximum atomic E-state index is 4.95. The van der Waals surface area contributed by atoms with E-state index in [0.29, 0.717) is 0 Å². The predicted octanol–water partition coefficient (Wildman–Crippen LogP) is 7.80. The van der Waals surface area contributed by atoms with Gasteiger partial charge in [-0.3, -0.25) is 4.98 Å². The maximum Gasteiger partial charge on any atom is 0.0709 e. The summed E-state index contributed by atoms with van der Waals surface area (Å²) in [6.07, 6.45) is 1.84. The minimum Gasteiger partial charge on any atom is -0.256 e. The van der Waals surface area contributed by atoms with Crippen molar-refractivity contribution in [2.75, 3.05) is 0 Å². The van der Waals surface area contributed by atoms with Gasteiger partial charge in [0.2, 0.25) is 0 Å². The molecule has 0 aliphatic carbocycles. The lowest BCUT2D eigenvalue weighted by atomic mass is 9.77. The van der Waals surface area contributed by atoms with Gasteiger partial charge in [0.15, 0.2) is 0 Å². The lowest BCUT2D eigenvalue weighted by Crippen LogP contribution is -2.19. The number of pyridine rings is 2. The first-order valence-electron chi connectivity index (χ1n) is 11.3. The third-order valence-electron chi connectivity index (χ3n) is 6.24. The number of hydrogen-bond donors (Lipinski definition) is 0. The molecular formula is C31H26N2. The number of benzene rings is 3. The van der Waals surface area contributed by atoms with Crippen LogP contribution in [0.15, 0.2) is 121 Å². The van der Waals surface area contributed by atoms with Crippen LogP contribution >= 0.6 is 0 Å². The van der Waals surface area contributed by atoms with Gasteiger partial charge in [0.25, 0.3) is 0 Å². The van der Waals surface area contributed by atoms with E-state index >= 15 is 0 Å². The zero-order valence-corrected chi connectivity index (χ0v) is 18.9. The van der Waals surface area contributed by atoms with Gasteiger partial charge >= 0.3 is 0 Å². The van der Waals surface area contributed by atoms with Crippen LogP contribution in [-0.4, -0.2) is 9.97 Å². The lowest BCUT2D eigenvalue weighted by molar-refractivity contribution is 0.641. The first-order valence-corrected chi connectivity index (χ1v) is 11.3. The SMILES string of the molecule is CC(C)(c1cccc(-c2ccccn2)c1)c1cccc(-c2cccc(-c3ccccc3)n2)c1. The second-order valence-corrected chi connectivity index (χ2v) is 8.78. The molecule has 33 heavy (non-hydrogen) atoms. The van der Waals surface area contributed by atoms with Crippen LogP contribution in [0.4, 0.5) is 0 Å². The molecule has 0 unspecified atom stereocenters. The molecule has 0 radical (unpaired) electrons. The number of hydrogen-bond acceptors (Lipinski definition) is 2. The summed E-state index contributed by atoms with van der Waals surface area (Å²) in [5.74, 6) is 0. The molecule has 0 amide bonds. The van der Waals surface area contributed by atoms with Gasteiger partial charge in [0.05, 0.1) is 17.1 Å². The van der Waals surface area contributed by atoms with Gasteiger partial charge in [-0.2, -0.15) is 0 Å². The highest BCUT2D eigenvalue weighted by atomic mass is 14.7. The summed E-state index contributed by atoms with van der Waals surface area (Å²) >= 11 is 0. The molecule has 0 saturated heterocycles. The van der Waals surface area contributed by atoms with Crippen molar-refractivity contribution in [2.45, 2.75) is 19.3 Å². The average molecular weight is 427 g/mol. The Morgan fingerprint density at radius 3 is 1.64 bits per heavy atom. The average Bonchev–Trinajstić information content (AvgIpc) is 2.90. The molecule has 3 aromatic carbocycles. The zero-order chi connectivity index (χ0) is 22.7. The standard InChI is InChI=1S/C31H26N2/c1-31(2,26-15-8-13-24(21-26)28-17-6-7-20-32-28)27-16-9-14-25(22-27)30-19-10-18-29(33-30)23-11-4-3-5-12-23/h3-22H,1-2H3. The number of aromatic nitrogens is 2. The Hall–Kier alpha value is -4.04. The van der Waals surface area contributed by atoms with Gasteiger partial charge in [-0.05, 0) is 47.5 Å². The Morgan fingerprint density at radius 1 is 0.485 bits per heavy atom. The van der Waals surface area contributed by atoms with Gasteiger partial charge in [-0.25, -0.2) is 4.98 Å². The van der Waals surface area contributed by atoms with Crippen LogP contribution in [0.5, 0.6) is 0 Å². The van der Waals surface area contributed by atoms with E-state index in [1.54, 1.807) is 0 Å². The third-order valence-corrected chi connectivity index (χ3v) is 6.24. The van der Waals surface area contributed by atoms with Gasteiger partial charge in [0.1, 0.15) is 0 Å². The molecule has 0 aliphatic rings. The fourth-order valence-corrected chi connectivity index (χ4v) is 4.20. The van der Waals surface area contributed by atoms with E-state index in [0.717, 1.165) is 33.8 Å². The minimum absolute atomic E-state index is 0.169. The second-order valence-electron chi connectivity index (χ2n) is 8.78. The normalized spacial score (nSPS) is 11.3. The second kappa shape index (κ2) is 8.84. The van der Waals surface area contributed by atoms with E-state index in [1.165, 1.54) is 11.1 Å². The molecule has 5 rings (SSSR count). The van der Waals surface area contributed by atoms with Crippen molar-refractivity contribution in [1.82, 2.24) is 9.97 Å². The van der Waals surface area contributed by atoms with Gasteiger partial charge in [-0.15, -0.1) is 0 Å². The van der Waals surface area contributed by atoms with Crippen LogP contribution in [0.1, 0.15) is 25.0 Å². The van der Waals surface area contributed by atoms with Crippen molar-refractivity contribution in [3.8, 4) is 33.8 Å². The van der Waals surface area contributed by atoms with E-state index in [-0.39, 0.29) is 5.41 Å². The molecule has 0 N–H and O–H groups in total. The van der Waals surface area contributed by atoms with Crippen molar-refractivity contribution in [1.29, 1.82) is 0 Å². The van der Waals surface area contributed by atoms with E-state index < -0.39 is 0 Å². The summed E-state index contributed by atoms with van der Waals surface area (Å²) < 4.78 is 0. The fraction of sp³-hybridized carbons (Fsp3) is 0.0968. The van der Waals surface area contributed by atoms with E-state index in [4.69, 9.17) is 4.98 Å². The summed E-state index contributed by atoms with van der Waals surface area (Å²) in [4.78, 5) is 9.48. The Bertz CT molecular complexity index is 1370. The monoisotopic (exact) mass is 426 g/mol. The molecular weight excluding hydrogens is 400 g/mol. The van der Waals surface area contributed by atoms with Gasteiger partial charge < -0.3 is 0 Å². The molecule has 0 spiro atoms. The summed E-state index contributed by atoms with van der Waals surface area (Å²) in [6.45, 7) is 4.55. The smallest absolute Gasteiger partial charge is 0.0709 e. The highest BCUT2D eigenvalue weighted by Gasteiger charge is 2.24. The summed E-state index contributed by atoms with van der Waals surface area (Å²) in [6, 6.07) is 40.0. The van der Waals surface area contributed by atoms with E-state index in [9.17, 15) is 0 Å². The molecule has 2 heteroatoms. The molecule has 160 valence electrons. The molecule has 0 bridgehead atoms. The van der Waals surface area contributed by atoms with Crippen molar-refractivity contribution in [2.24, 2.45) is 0 Å². The summed E-state index contributed by atoms with van der Waals surface area (Å²) in [7, 11) is 0. The highest BCUT2D eigenvalue weighted by Crippen LogP contribution is 2.35. The van der Waals surface area contributed by atoms with Crippen LogP contribution < -0.4 is 0 Å². The van der Waals surface area contributed by atoms with Crippen molar-refractivity contribution >= 4 is 0 Å². The maximum absolute atomic E-state index is 4.95. The zero-order valence-electron chi connectivity index (χ0n) is 18.9. The molecule has 0 fully saturated rings. The Kier molecular flexibility index (Phi) is 5.58. The first-order chi connectivity index (χ1) is 16.1. The Morgan fingerprint density at radius 2 is 1.00 bits per heavy atom. The van der Waals surface area contributed by atoms with Crippen molar-refractivity contribution in [3.63, 3.8) is 0 Å². The highest BCUT2D eigenvalue weighted by molar-refractivity contribution is 5.67. The Labute approximate surface area is 195 Å². The molecule has 5 aromatic rings. The van der Waals surface area contributed by atoms with Crippen LogP contribution in [0, 0.1) is 0 Å². The number of nitrogens with zero attached hydrogens (tertiary/aromatic N) is 2. The molecule has 2 nitrogen and oxygen atoms in total.